The monoisotopic (exact) mass is 391 g/mol. The highest BCUT2D eigenvalue weighted by Crippen LogP contribution is 2.19. The van der Waals surface area contributed by atoms with E-state index in [2.05, 4.69) is 26.4 Å². The van der Waals surface area contributed by atoms with Gasteiger partial charge >= 0.3 is 0 Å². The molecule has 1 aromatic heterocycles. The molecule has 0 aliphatic rings. The predicted molar refractivity (Wildman–Crippen MR) is 112 cm³/mol. The van der Waals surface area contributed by atoms with Crippen molar-refractivity contribution in [2.45, 2.75) is 13.5 Å². The molecule has 3 aromatic rings. The van der Waals surface area contributed by atoms with Gasteiger partial charge in [0.05, 0.1) is 29.8 Å². The first-order valence-electron chi connectivity index (χ1n) is 8.43. The summed E-state index contributed by atoms with van der Waals surface area (Å²) >= 11 is 5.94. The number of guanidine groups is 1. The van der Waals surface area contributed by atoms with Crippen LogP contribution in [0.3, 0.4) is 0 Å². The van der Waals surface area contributed by atoms with Crippen LogP contribution in [0.4, 0.5) is 5.69 Å². The van der Waals surface area contributed by atoms with Crippen molar-refractivity contribution in [1.82, 2.24) is 9.55 Å². The predicted octanol–water partition coefficient (Wildman–Crippen LogP) is 3.66. The van der Waals surface area contributed by atoms with E-state index in [1.54, 1.807) is 17.0 Å². The van der Waals surface area contributed by atoms with Crippen LogP contribution in [0.15, 0.2) is 65.0 Å². The maximum Gasteiger partial charge on any atom is 0.199 e. The number of nitrogens with zero attached hydrogens (tertiary/aromatic N) is 5. The third-order valence-corrected chi connectivity index (χ3v) is 4.06. The zero-order chi connectivity index (χ0) is 19.9. The average molecular weight is 392 g/mol. The second-order valence-corrected chi connectivity index (χ2v) is 6.43. The van der Waals surface area contributed by atoms with Gasteiger partial charge in [-0.25, -0.2) is 9.98 Å². The van der Waals surface area contributed by atoms with Gasteiger partial charge in [-0.1, -0.05) is 23.7 Å². The summed E-state index contributed by atoms with van der Waals surface area (Å²) in [5.41, 5.74) is 9.62. The topological polar surface area (TPSA) is 104 Å². The Hall–Kier alpha value is -3.63. The molecule has 3 N–H and O–H groups in total. The summed E-state index contributed by atoms with van der Waals surface area (Å²) < 4.78 is 1.80. The molecule has 0 aliphatic heterocycles. The van der Waals surface area contributed by atoms with Crippen LogP contribution < -0.4 is 11.1 Å². The molecule has 2 aromatic carbocycles. The van der Waals surface area contributed by atoms with Crippen molar-refractivity contribution in [3.8, 4) is 11.8 Å². The molecular weight excluding hydrogens is 374 g/mol. The van der Waals surface area contributed by atoms with Gasteiger partial charge in [0.15, 0.2) is 5.96 Å². The second-order valence-electron chi connectivity index (χ2n) is 5.99. The number of nitriles is 1. The van der Waals surface area contributed by atoms with Gasteiger partial charge in [0.25, 0.3) is 0 Å². The molecule has 0 saturated carbocycles. The zero-order valence-corrected chi connectivity index (χ0v) is 15.9. The molecular formula is C20H18ClN7. The van der Waals surface area contributed by atoms with Crippen LogP contribution in [-0.2, 0) is 6.54 Å². The number of benzene rings is 2. The Morgan fingerprint density at radius 2 is 2.21 bits per heavy atom. The van der Waals surface area contributed by atoms with E-state index < -0.39 is 0 Å². The largest absolute Gasteiger partial charge is 0.369 e. The molecule has 0 aliphatic carbocycles. The van der Waals surface area contributed by atoms with Crippen LogP contribution in [0.1, 0.15) is 16.8 Å². The Kier molecular flexibility index (Phi) is 6.04. The van der Waals surface area contributed by atoms with Gasteiger partial charge in [-0.15, -0.1) is 0 Å². The van der Waals surface area contributed by atoms with Crippen LogP contribution in [0.5, 0.6) is 0 Å². The highest BCUT2D eigenvalue weighted by Gasteiger charge is 2.07. The second kappa shape index (κ2) is 8.84. The van der Waals surface area contributed by atoms with Crippen molar-refractivity contribution in [3.05, 3.63) is 76.8 Å². The van der Waals surface area contributed by atoms with Crippen molar-refractivity contribution in [2.24, 2.45) is 15.7 Å². The number of halogens is 1. The van der Waals surface area contributed by atoms with E-state index in [9.17, 15) is 5.26 Å². The van der Waals surface area contributed by atoms with Crippen molar-refractivity contribution in [1.29, 1.82) is 5.26 Å². The number of anilines is 1. The van der Waals surface area contributed by atoms with Gasteiger partial charge in [-0.3, -0.25) is 4.99 Å². The summed E-state index contributed by atoms with van der Waals surface area (Å²) in [6, 6.07) is 15.0. The van der Waals surface area contributed by atoms with E-state index in [4.69, 9.17) is 17.3 Å². The van der Waals surface area contributed by atoms with Crippen LogP contribution in [0.2, 0.25) is 5.02 Å². The van der Waals surface area contributed by atoms with E-state index >= 15 is 0 Å². The molecule has 0 bridgehead atoms. The molecule has 28 heavy (non-hydrogen) atoms. The molecule has 0 atom stereocenters. The summed E-state index contributed by atoms with van der Waals surface area (Å²) in [4.78, 5) is 12.4. The summed E-state index contributed by atoms with van der Waals surface area (Å²) in [5.74, 6) is 0.171. The highest BCUT2D eigenvalue weighted by atomic mass is 35.5. The SMILES string of the molecule is Cc1cn(-c2ccc(NC(N)=NC=NCc3cccc(Cl)c3)cc2C#N)cn1. The lowest BCUT2D eigenvalue weighted by molar-refractivity contribution is 1.05. The molecule has 0 fully saturated rings. The Bertz CT molecular complexity index is 1080. The first-order valence-corrected chi connectivity index (χ1v) is 8.81. The first-order chi connectivity index (χ1) is 13.5. The van der Waals surface area contributed by atoms with Crippen molar-refractivity contribution in [2.75, 3.05) is 5.32 Å². The molecule has 0 unspecified atom stereocenters. The molecule has 3 rings (SSSR count). The molecule has 0 spiro atoms. The molecule has 1 heterocycles. The number of hydrogen-bond acceptors (Lipinski definition) is 3. The lowest BCUT2D eigenvalue weighted by atomic mass is 10.1. The number of aryl methyl sites for hydroxylation is 1. The van der Waals surface area contributed by atoms with Gasteiger partial charge in [-0.05, 0) is 42.8 Å². The Morgan fingerprint density at radius 3 is 2.93 bits per heavy atom. The van der Waals surface area contributed by atoms with Gasteiger partial charge < -0.3 is 15.6 Å². The minimum absolute atomic E-state index is 0.171. The summed E-state index contributed by atoms with van der Waals surface area (Å²) in [7, 11) is 0. The van der Waals surface area contributed by atoms with Gasteiger partial charge in [0.2, 0.25) is 0 Å². The maximum atomic E-state index is 9.44. The van der Waals surface area contributed by atoms with E-state index in [-0.39, 0.29) is 5.96 Å². The maximum absolute atomic E-state index is 9.44. The molecule has 7 nitrogen and oxygen atoms in total. The Labute approximate surface area is 167 Å². The van der Waals surface area contributed by atoms with Crippen LogP contribution in [-0.4, -0.2) is 21.8 Å². The van der Waals surface area contributed by atoms with Crippen molar-refractivity contribution in [3.63, 3.8) is 0 Å². The van der Waals surface area contributed by atoms with Crippen LogP contribution in [0.25, 0.3) is 5.69 Å². The summed E-state index contributed by atoms with van der Waals surface area (Å²) in [5, 5.41) is 13.1. The number of rotatable bonds is 5. The minimum Gasteiger partial charge on any atom is -0.369 e. The fourth-order valence-corrected chi connectivity index (χ4v) is 2.76. The highest BCUT2D eigenvalue weighted by molar-refractivity contribution is 6.30. The quantitative estimate of drug-likeness (QED) is 0.511. The third-order valence-electron chi connectivity index (χ3n) is 3.82. The number of nitrogens with one attached hydrogen (secondary N) is 1. The molecule has 0 amide bonds. The number of aliphatic imine (C=N–C) groups is 2. The smallest absolute Gasteiger partial charge is 0.199 e. The summed E-state index contributed by atoms with van der Waals surface area (Å²) in [6.45, 7) is 2.35. The fourth-order valence-electron chi connectivity index (χ4n) is 2.55. The number of imidazole rings is 1. The standard InChI is InChI=1S/C20H18ClN7/c1-14-11-28(13-26-14)19-6-5-18(8-16(19)9-22)27-20(23)25-12-24-10-15-3-2-4-17(21)7-15/h2-8,11-13H,10H2,1H3,(H3,23,24,25,27). The normalized spacial score (nSPS) is 11.5. The van der Waals surface area contributed by atoms with Gasteiger partial charge in [-0.2, -0.15) is 5.26 Å². The fraction of sp³-hybridized carbons (Fsp3) is 0.100. The molecule has 8 heteroatoms. The molecule has 0 saturated heterocycles. The van der Waals surface area contributed by atoms with E-state index in [0.717, 1.165) is 16.9 Å². The minimum atomic E-state index is 0.171. The third kappa shape index (κ3) is 4.96. The summed E-state index contributed by atoms with van der Waals surface area (Å²) in [6.07, 6.45) is 4.91. The lowest BCUT2D eigenvalue weighted by Crippen LogP contribution is -2.22. The number of nitrogens with two attached hydrogens (primary N) is 1. The van der Waals surface area contributed by atoms with Gasteiger partial charge in [0, 0.05) is 16.9 Å². The van der Waals surface area contributed by atoms with E-state index in [1.807, 2.05) is 49.5 Å². The van der Waals surface area contributed by atoms with E-state index in [1.165, 1.54) is 6.34 Å². The Morgan fingerprint density at radius 1 is 1.36 bits per heavy atom. The average Bonchev–Trinajstić information content (AvgIpc) is 3.11. The Balaban J connectivity index is 1.66. The number of hydrogen-bond donors (Lipinski definition) is 2. The molecule has 140 valence electrons. The van der Waals surface area contributed by atoms with E-state index in [0.29, 0.717) is 22.8 Å². The lowest BCUT2D eigenvalue weighted by Gasteiger charge is -2.09. The molecule has 0 radical (unpaired) electrons. The zero-order valence-electron chi connectivity index (χ0n) is 15.2. The number of aromatic nitrogens is 2. The first kappa shape index (κ1) is 19.1. The van der Waals surface area contributed by atoms with Crippen molar-refractivity contribution < 1.29 is 0 Å². The van der Waals surface area contributed by atoms with Crippen LogP contribution >= 0.6 is 11.6 Å². The van der Waals surface area contributed by atoms with Crippen LogP contribution in [0, 0.1) is 18.3 Å². The van der Waals surface area contributed by atoms with Gasteiger partial charge in [0.1, 0.15) is 12.4 Å². The van der Waals surface area contributed by atoms with Crippen molar-refractivity contribution >= 4 is 29.6 Å².